The lowest BCUT2D eigenvalue weighted by Gasteiger charge is -2.15. The zero-order chi connectivity index (χ0) is 19.3. The van der Waals surface area contributed by atoms with Gasteiger partial charge in [-0.05, 0) is 36.8 Å². The summed E-state index contributed by atoms with van der Waals surface area (Å²) in [5.41, 5.74) is 0.949. The van der Waals surface area contributed by atoms with E-state index in [9.17, 15) is 13.8 Å². The second-order valence-corrected chi connectivity index (χ2v) is 7.65. The molecule has 0 radical (unpaired) electrons. The van der Waals surface area contributed by atoms with Crippen LogP contribution in [0.15, 0.2) is 47.4 Å². The molecular weight excluding hydrogens is 397 g/mol. The number of hydrogen-bond acceptors (Lipinski definition) is 4. The van der Waals surface area contributed by atoms with Gasteiger partial charge >= 0.3 is 5.97 Å². The van der Waals surface area contributed by atoms with Crippen molar-refractivity contribution in [3.8, 4) is 0 Å². The van der Waals surface area contributed by atoms with Gasteiger partial charge in [-0.2, -0.15) is 0 Å². The highest BCUT2D eigenvalue weighted by atomic mass is 35.5. The van der Waals surface area contributed by atoms with E-state index in [0.29, 0.717) is 14.9 Å². The Morgan fingerprint density at radius 2 is 1.85 bits per heavy atom. The Morgan fingerprint density at radius 1 is 1.15 bits per heavy atom. The molecule has 2 aromatic carbocycles. The molecule has 0 fully saturated rings. The van der Waals surface area contributed by atoms with Gasteiger partial charge in [0, 0.05) is 6.26 Å². The number of rotatable bonds is 6. The Bertz CT molecular complexity index is 857. The largest absolute Gasteiger partial charge is 0.452 e. The van der Waals surface area contributed by atoms with Gasteiger partial charge in [-0.3, -0.25) is 9.00 Å². The number of ether oxygens (including phenoxy) is 1. The molecule has 1 amide bonds. The molecule has 0 spiro atoms. The number of halogens is 2. The number of carbonyl (C=O) groups is 2. The summed E-state index contributed by atoms with van der Waals surface area (Å²) in [4.78, 5) is 24.5. The van der Waals surface area contributed by atoms with E-state index in [1.807, 2.05) is 0 Å². The van der Waals surface area contributed by atoms with Gasteiger partial charge < -0.3 is 10.1 Å². The molecular formula is C18H17Cl2NO4S. The molecule has 0 heterocycles. The molecule has 138 valence electrons. The number of amides is 1. The van der Waals surface area contributed by atoms with Crippen molar-refractivity contribution in [2.45, 2.75) is 17.9 Å². The number of carbonyl (C=O) groups excluding carboxylic acids is 2. The Balaban J connectivity index is 1.95. The topological polar surface area (TPSA) is 72.5 Å². The molecule has 26 heavy (non-hydrogen) atoms. The van der Waals surface area contributed by atoms with Gasteiger partial charge in [-0.1, -0.05) is 41.4 Å². The van der Waals surface area contributed by atoms with Crippen molar-refractivity contribution in [2.24, 2.45) is 0 Å². The Hall–Kier alpha value is -1.89. The number of benzene rings is 2. The van der Waals surface area contributed by atoms with E-state index in [0.717, 1.165) is 5.56 Å². The first kappa shape index (κ1) is 20.4. The van der Waals surface area contributed by atoms with Gasteiger partial charge in [0.05, 0.1) is 37.3 Å². The minimum absolute atomic E-state index is 0.179. The quantitative estimate of drug-likeness (QED) is 0.731. The fourth-order valence-electron chi connectivity index (χ4n) is 2.24. The van der Waals surface area contributed by atoms with Crippen molar-refractivity contribution < 1.29 is 18.5 Å². The van der Waals surface area contributed by atoms with Crippen LogP contribution in [0, 0.1) is 0 Å². The van der Waals surface area contributed by atoms with Crippen LogP contribution in [0.25, 0.3) is 0 Å². The molecule has 0 saturated heterocycles. The maximum absolute atomic E-state index is 12.1. The summed E-state index contributed by atoms with van der Waals surface area (Å²) in [5, 5.41) is 3.52. The SMILES string of the molecule is C[C@@H](NC(=O)COC(=O)c1ccccc1[S@](C)=O)c1ccc(Cl)c(Cl)c1. The van der Waals surface area contributed by atoms with E-state index in [4.69, 9.17) is 27.9 Å². The second-order valence-electron chi connectivity index (χ2n) is 5.49. The Morgan fingerprint density at radius 3 is 2.50 bits per heavy atom. The van der Waals surface area contributed by atoms with Gasteiger partial charge in [0.15, 0.2) is 6.61 Å². The fourth-order valence-corrected chi connectivity index (χ4v) is 3.28. The van der Waals surface area contributed by atoms with Crippen molar-refractivity contribution >= 4 is 45.9 Å². The molecule has 0 aromatic heterocycles. The molecule has 0 aliphatic carbocycles. The molecule has 2 atom stereocenters. The van der Waals surface area contributed by atoms with Gasteiger partial charge in [-0.15, -0.1) is 0 Å². The van der Waals surface area contributed by atoms with Crippen LogP contribution in [0.5, 0.6) is 0 Å². The van der Waals surface area contributed by atoms with Crippen molar-refractivity contribution in [3.63, 3.8) is 0 Å². The molecule has 5 nitrogen and oxygen atoms in total. The van der Waals surface area contributed by atoms with Crippen LogP contribution < -0.4 is 5.32 Å². The number of esters is 1. The average molecular weight is 414 g/mol. The standard InChI is InChI=1S/C18H17Cl2NO4S/c1-11(12-7-8-14(19)15(20)9-12)21-17(22)10-25-18(23)13-5-3-4-6-16(13)26(2)24/h3-9,11H,10H2,1-2H3,(H,21,22)/t11-,26+/m1/s1. The molecule has 8 heteroatoms. The highest BCUT2D eigenvalue weighted by Gasteiger charge is 2.17. The van der Waals surface area contributed by atoms with Gasteiger partial charge in [0.25, 0.3) is 5.91 Å². The van der Waals surface area contributed by atoms with E-state index < -0.39 is 29.3 Å². The summed E-state index contributed by atoms with van der Waals surface area (Å²) in [5.74, 6) is -1.17. The van der Waals surface area contributed by atoms with Crippen LogP contribution in [0.1, 0.15) is 28.9 Å². The molecule has 1 N–H and O–H groups in total. The highest BCUT2D eigenvalue weighted by molar-refractivity contribution is 7.84. The summed E-state index contributed by atoms with van der Waals surface area (Å²) in [7, 11) is -1.34. The summed E-state index contributed by atoms with van der Waals surface area (Å²) in [6, 6.07) is 11.1. The minimum atomic E-state index is -1.34. The predicted molar refractivity (Wildman–Crippen MR) is 102 cm³/mol. The monoisotopic (exact) mass is 413 g/mol. The second kappa shape index (κ2) is 9.16. The van der Waals surface area contributed by atoms with Crippen LogP contribution in [0.3, 0.4) is 0 Å². The number of hydrogen-bond donors (Lipinski definition) is 1. The van der Waals surface area contributed by atoms with E-state index in [2.05, 4.69) is 5.32 Å². The molecule has 0 aliphatic rings. The lowest BCUT2D eigenvalue weighted by molar-refractivity contribution is -0.124. The first-order chi connectivity index (χ1) is 12.3. The molecule has 2 rings (SSSR count). The van der Waals surface area contributed by atoms with E-state index in [1.165, 1.54) is 12.3 Å². The fraction of sp³-hybridized carbons (Fsp3) is 0.222. The third kappa shape index (κ3) is 5.30. The Kier molecular flexibility index (Phi) is 7.20. The summed E-state index contributed by atoms with van der Waals surface area (Å²) >= 11 is 11.8. The average Bonchev–Trinajstić information content (AvgIpc) is 2.61. The van der Waals surface area contributed by atoms with Crippen molar-refractivity contribution in [3.05, 3.63) is 63.6 Å². The van der Waals surface area contributed by atoms with Gasteiger partial charge in [-0.25, -0.2) is 4.79 Å². The first-order valence-corrected chi connectivity index (χ1v) is 9.95. The normalized spacial score (nSPS) is 12.9. The molecule has 0 bridgehead atoms. The molecule has 0 aliphatic heterocycles. The van der Waals surface area contributed by atoms with Crippen LogP contribution in [0.2, 0.25) is 10.0 Å². The summed E-state index contributed by atoms with van der Waals surface area (Å²) < 4.78 is 16.7. The molecule has 0 saturated carbocycles. The zero-order valence-corrected chi connectivity index (χ0v) is 16.5. The van der Waals surface area contributed by atoms with Crippen molar-refractivity contribution in [2.75, 3.05) is 12.9 Å². The maximum Gasteiger partial charge on any atom is 0.339 e. The third-order valence-electron chi connectivity index (χ3n) is 3.57. The number of nitrogens with one attached hydrogen (secondary N) is 1. The highest BCUT2D eigenvalue weighted by Crippen LogP contribution is 2.25. The smallest absolute Gasteiger partial charge is 0.339 e. The lowest BCUT2D eigenvalue weighted by Crippen LogP contribution is -2.31. The molecule has 0 unspecified atom stereocenters. The summed E-state index contributed by atoms with van der Waals surface area (Å²) in [6.45, 7) is 1.32. The third-order valence-corrected chi connectivity index (χ3v) is 5.29. The van der Waals surface area contributed by atoms with Crippen LogP contribution in [-0.4, -0.2) is 28.9 Å². The van der Waals surface area contributed by atoms with E-state index in [1.54, 1.807) is 43.3 Å². The van der Waals surface area contributed by atoms with Crippen LogP contribution >= 0.6 is 23.2 Å². The van der Waals surface area contributed by atoms with Crippen molar-refractivity contribution in [1.29, 1.82) is 0 Å². The first-order valence-electron chi connectivity index (χ1n) is 7.63. The minimum Gasteiger partial charge on any atom is -0.452 e. The maximum atomic E-state index is 12.1. The van der Waals surface area contributed by atoms with Crippen molar-refractivity contribution in [1.82, 2.24) is 5.32 Å². The molecule has 2 aromatic rings. The predicted octanol–water partition coefficient (Wildman–Crippen LogP) is 3.77. The van der Waals surface area contributed by atoms with E-state index >= 15 is 0 Å². The zero-order valence-electron chi connectivity index (χ0n) is 14.1. The lowest BCUT2D eigenvalue weighted by atomic mass is 10.1. The van der Waals surface area contributed by atoms with Gasteiger partial charge in [0.1, 0.15) is 0 Å². The summed E-state index contributed by atoms with van der Waals surface area (Å²) in [6.07, 6.45) is 1.47. The Labute approximate surface area is 164 Å². The van der Waals surface area contributed by atoms with E-state index in [-0.39, 0.29) is 11.6 Å². The van der Waals surface area contributed by atoms with Gasteiger partial charge in [0.2, 0.25) is 0 Å². The van der Waals surface area contributed by atoms with Crippen LogP contribution in [-0.2, 0) is 20.3 Å². The van der Waals surface area contributed by atoms with Crippen LogP contribution in [0.4, 0.5) is 0 Å².